The largest absolute Gasteiger partial charge is 0.363 e. The summed E-state index contributed by atoms with van der Waals surface area (Å²) in [4.78, 5) is 14.1. The molecule has 0 unspecified atom stereocenters. The van der Waals surface area contributed by atoms with Crippen molar-refractivity contribution in [1.82, 2.24) is 15.5 Å². The van der Waals surface area contributed by atoms with Crippen LogP contribution in [-0.2, 0) is 11.2 Å². The highest BCUT2D eigenvalue weighted by Gasteiger charge is 2.06. The molecule has 0 saturated carbocycles. The van der Waals surface area contributed by atoms with Gasteiger partial charge in [-0.25, -0.2) is 0 Å². The number of aryl methyl sites for hydroxylation is 1. The molecule has 0 heterocycles. The summed E-state index contributed by atoms with van der Waals surface area (Å²) in [6, 6.07) is 7.81. The second-order valence-electron chi connectivity index (χ2n) is 5.33. The zero-order valence-corrected chi connectivity index (χ0v) is 14.4. The number of hydrogen-bond donors (Lipinski definition) is 3. The van der Waals surface area contributed by atoms with Gasteiger partial charge < -0.3 is 20.9 Å². The molecule has 0 aromatic heterocycles. The predicted octanol–water partition coefficient (Wildman–Crippen LogP) is 1.60. The molecular formula is C16H26N4OS. The van der Waals surface area contributed by atoms with Crippen LogP contribution in [0, 0.1) is 0 Å². The van der Waals surface area contributed by atoms with Crippen LogP contribution in [0.4, 0.5) is 5.69 Å². The molecule has 5 nitrogen and oxygen atoms in total. The molecule has 0 radical (unpaired) electrons. The average molecular weight is 322 g/mol. The van der Waals surface area contributed by atoms with Crippen LogP contribution in [0.15, 0.2) is 24.3 Å². The van der Waals surface area contributed by atoms with Crippen molar-refractivity contribution in [3.63, 3.8) is 0 Å². The quantitative estimate of drug-likeness (QED) is 0.501. The summed E-state index contributed by atoms with van der Waals surface area (Å²) in [6.45, 7) is 4.03. The second kappa shape index (κ2) is 10.1. The number of thiocarbonyl (C=S) groups is 1. The summed E-state index contributed by atoms with van der Waals surface area (Å²) < 4.78 is 0. The van der Waals surface area contributed by atoms with Gasteiger partial charge in [-0.15, -0.1) is 0 Å². The van der Waals surface area contributed by atoms with Crippen LogP contribution in [-0.4, -0.2) is 49.6 Å². The fraction of sp³-hybridized carbons (Fsp3) is 0.500. The topological polar surface area (TPSA) is 56.4 Å². The first-order valence-corrected chi connectivity index (χ1v) is 7.98. The van der Waals surface area contributed by atoms with Gasteiger partial charge in [0.15, 0.2) is 5.11 Å². The SMILES string of the molecule is CCc1ccccc1NC(=O)CNC(=S)NCCCN(C)C. The number of amides is 1. The van der Waals surface area contributed by atoms with E-state index < -0.39 is 0 Å². The maximum absolute atomic E-state index is 11.9. The number of hydrogen-bond acceptors (Lipinski definition) is 3. The average Bonchev–Trinajstić information content (AvgIpc) is 2.50. The van der Waals surface area contributed by atoms with E-state index >= 15 is 0 Å². The summed E-state index contributed by atoms with van der Waals surface area (Å²) >= 11 is 5.15. The van der Waals surface area contributed by atoms with Crippen LogP contribution in [0.3, 0.4) is 0 Å². The molecule has 122 valence electrons. The molecule has 22 heavy (non-hydrogen) atoms. The van der Waals surface area contributed by atoms with E-state index in [-0.39, 0.29) is 12.5 Å². The zero-order valence-electron chi connectivity index (χ0n) is 13.6. The minimum atomic E-state index is -0.0988. The Balaban J connectivity index is 2.26. The van der Waals surface area contributed by atoms with Crippen molar-refractivity contribution < 1.29 is 4.79 Å². The predicted molar refractivity (Wildman–Crippen MR) is 96.2 cm³/mol. The molecule has 0 aliphatic heterocycles. The molecule has 6 heteroatoms. The van der Waals surface area contributed by atoms with E-state index in [0.717, 1.165) is 37.2 Å². The number of carbonyl (C=O) groups excluding carboxylic acids is 1. The number of nitrogens with one attached hydrogen (secondary N) is 3. The van der Waals surface area contributed by atoms with Gasteiger partial charge in [0.1, 0.15) is 0 Å². The van der Waals surface area contributed by atoms with Crippen molar-refractivity contribution in [3.05, 3.63) is 29.8 Å². The highest BCUT2D eigenvalue weighted by atomic mass is 32.1. The molecule has 1 rings (SSSR count). The molecule has 0 spiro atoms. The highest BCUT2D eigenvalue weighted by molar-refractivity contribution is 7.80. The third kappa shape index (κ3) is 7.38. The number of nitrogens with zero attached hydrogens (tertiary/aromatic N) is 1. The first kappa shape index (κ1) is 18.4. The van der Waals surface area contributed by atoms with E-state index in [1.807, 2.05) is 38.4 Å². The fourth-order valence-electron chi connectivity index (χ4n) is 1.97. The lowest BCUT2D eigenvalue weighted by molar-refractivity contribution is -0.115. The van der Waals surface area contributed by atoms with E-state index in [4.69, 9.17) is 12.2 Å². The number of rotatable bonds is 8. The van der Waals surface area contributed by atoms with Crippen LogP contribution in [0.2, 0.25) is 0 Å². The van der Waals surface area contributed by atoms with E-state index in [1.165, 1.54) is 0 Å². The maximum Gasteiger partial charge on any atom is 0.243 e. The molecule has 0 bridgehead atoms. The lowest BCUT2D eigenvalue weighted by Crippen LogP contribution is -2.40. The van der Waals surface area contributed by atoms with Gasteiger partial charge in [0.05, 0.1) is 6.54 Å². The molecule has 0 fully saturated rings. The Morgan fingerprint density at radius 2 is 1.95 bits per heavy atom. The molecule has 0 saturated heterocycles. The van der Waals surface area contributed by atoms with Crippen molar-refractivity contribution in [2.45, 2.75) is 19.8 Å². The Labute approximate surface area is 138 Å². The third-order valence-electron chi connectivity index (χ3n) is 3.15. The third-order valence-corrected chi connectivity index (χ3v) is 3.44. The van der Waals surface area contributed by atoms with Gasteiger partial charge in [0, 0.05) is 12.2 Å². The van der Waals surface area contributed by atoms with E-state index in [1.54, 1.807) is 0 Å². The second-order valence-corrected chi connectivity index (χ2v) is 5.73. The van der Waals surface area contributed by atoms with Gasteiger partial charge in [-0.2, -0.15) is 0 Å². The van der Waals surface area contributed by atoms with Gasteiger partial charge in [0.25, 0.3) is 0 Å². The minimum Gasteiger partial charge on any atom is -0.363 e. The molecule has 1 aromatic rings. The van der Waals surface area contributed by atoms with Gasteiger partial charge in [-0.1, -0.05) is 25.1 Å². The molecule has 1 amide bonds. The Morgan fingerprint density at radius 1 is 1.23 bits per heavy atom. The van der Waals surface area contributed by atoms with Gasteiger partial charge in [0.2, 0.25) is 5.91 Å². The lowest BCUT2D eigenvalue weighted by atomic mass is 10.1. The van der Waals surface area contributed by atoms with Crippen LogP contribution in [0.25, 0.3) is 0 Å². The van der Waals surface area contributed by atoms with Gasteiger partial charge in [-0.05, 0) is 57.3 Å². The minimum absolute atomic E-state index is 0.0988. The zero-order chi connectivity index (χ0) is 16.4. The van der Waals surface area contributed by atoms with Crippen molar-refractivity contribution in [2.24, 2.45) is 0 Å². The van der Waals surface area contributed by atoms with Crippen LogP contribution in [0.5, 0.6) is 0 Å². The van der Waals surface area contributed by atoms with Crippen molar-refractivity contribution in [3.8, 4) is 0 Å². The summed E-state index contributed by atoms with van der Waals surface area (Å²) in [5, 5.41) is 9.43. The number of carbonyl (C=O) groups is 1. The summed E-state index contributed by atoms with van der Waals surface area (Å²) in [5.41, 5.74) is 1.99. The first-order chi connectivity index (χ1) is 10.5. The fourth-order valence-corrected chi connectivity index (χ4v) is 2.14. The monoisotopic (exact) mass is 322 g/mol. The molecule has 1 aromatic carbocycles. The number of benzene rings is 1. The standard InChI is InChI=1S/C16H26N4OS/c1-4-13-8-5-6-9-14(13)19-15(21)12-18-16(22)17-10-7-11-20(2)3/h5-6,8-9H,4,7,10-12H2,1-3H3,(H,19,21)(H2,17,18,22). The molecule has 0 aliphatic carbocycles. The van der Waals surface area contributed by atoms with Crippen molar-refractivity contribution >= 4 is 28.9 Å². The Kier molecular flexibility index (Phi) is 8.47. The van der Waals surface area contributed by atoms with Crippen molar-refractivity contribution in [2.75, 3.05) is 39.0 Å². The normalized spacial score (nSPS) is 10.4. The molecular weight excluding hydrogens is 296 g/mol. The van der Waals surface area contributed by atoms with Gasteiger partial charge >= 0.3 is 0 Å². The maximum atomic E-state index is 11.9. The number of anilines is 1. The van der Waals surface area contributed by atoms with E-state index in [2.05, 4.69) is 27.8 Å². The molecule has 3 N–H and O–H groups in total. The Morgan fingerprint density at radius 3 is 2.64 bits per heavy atom. The van der Waals surface area contributed by atoms with E-state index in [9.17, 15) is 4.79 Å². The smallest absolute Gasteiger partial charge is 0.243 e. The lowest BCUT2D eigenvalue weighted by Gasteiger charge is -2.13. The first-order valence-electron chi connectivity index (χ1n) is 7.57. The Bertz CT molecular complexity index is 491. The van der Waals surface area contributed by atoms with Crippen LogP contribution in [0.1, 0.15) is 18.9 Å². The van der Waals surface area contributed by atoms with Gasteiger partial charge in [-0.3, -0.25) is 4.79 Å². The van der Waals surface area contributed by atoms with Crippen LogP contribution < -0.4 is 16.0 Å². The summed E-state index contributed by atoms with van der Waals surface area (Å²) in [7, 11) is 4.07. The van der Waals surface area contributed by atoms with E-state index in [0.29, 0.717) is 5.11 Å². The number of para-hydroxylation sites is 1. The van der Waals surface area contributed by atoms with Crippen LogP contribution >= 0.6 is 12.2 Å². The summed E-state index contributed by atoms with van der Waals surface area (Å²) in [5.74, 6) is -0.0988. The molecule has 0 aliphatic rings. The highest BCUT2D eigenvalue weighted by Crippen LogP contribution is 2.14. The summed E-state index contributed by atoms with van der Waals surface area (Å²) in [6.07, 6.45) is 1.89. The Hall–Kier alpha value is -1.66. The van der Waals surface area contributed by atoms with Crippen molar-refractivity contribution in [1.29, 1.82) is 0 Å². The molecule has 0 atom stereocenters.